The third-order valence-electron chi connectivity index (χ3n) is 22.0. The maximum absolute atomic E-state index is 13.5. The van der Waals surface area contributed by atoms with Crippen LogP contribution in [0.25, 0.3) is 0 Å². The van der Waals surface area contributed by atoms with E-state index in [1.165, 1.54) is 22.3 Å². The number of methoxy groups -OCH3 is 2. The Morgan fingerprint density at radius 1 is 0.600 bits per heavy atom. The quantitative estimate of drug-likeness (QED) is 0.132. The molecule has 0 saturated heterocycles. The molecule has 0 unspecified atom stereocenters. The molecule has 2 spiro atoms. The number of sulfonamides is 2. The minimum Gasteiger partial charge on any atom is -0.490 e. The van der Waals surface area contributed by atoms with Gasteiger partial charge in [0.25, 0.3) is 11.8 Å². The second kappa shape index (κ2) is 26.7. The molecule has 488 valence electrons. The lowest BCUT2D eigenvalue weighted by molar-refractivity contribution is -0.0623. The molecule has 4 bridgehead atoms. The van der Waals surface area contributed by atoms with E-state index in [4.69, 9.17) is 42.1 Å². The predicted octanol–water partition coefficient (Wildman–Crippen LogP) is 11.3. The highest BCUT2D eigenvalue weighted by atomic mass is 35.5. The zero-order valence-corrected chi connectivity index (χ0v) is 56.0. The average Bonchev–Trinajstić information content (AvgIpc) is 1.46. The number of aliphatic hydroxyl groups excluding tert-OH is 2. The number of allylic oxidation sites excluding steroid dienone is 2. The minimum absolute atomic E-state index is 0.0322. The van der Waals surface area contributed by atoms with E-state index in [1.807, 2.05) is 38.1 Å². The molecule has 2 saturated carbocycles. The summed E-state index contributed by atoms with van der Waals surface area (Å²) in [6.07, 6.45) is 19.3. The van der Waals surface area contributed by atoms with Crippen LogP contribution >= 0.6 is 23.2 Å². The summed E-state index contributed by atoms with van der Waals surface area (Å²) in [5.74, 6) is 0.591. The standard InChI is InChI=1S/2C35H45ClN2O6S/c2*1-23-6-4-15-34(2,43-3)28-11-8-26(28)20-38-21-35(16-5-7-24-18-27(36)10-12-29(24)35)22-44-31-13-9-25(19-30(31)38)33(40)37-45(41,42)32(23)14-17-39/h2*4,9-10,12-13,15,18-19,23,26,28,32,39H,5-8,11,14,16-17,20-22H2,1-3H3,(H,37,40)/b2*15-4+/t23-,26-,28+,32+,34+,35-;23-,26-,28+,32+,34-,35-/m00/s1. The normalized spacial score (nSPS) is 33.5. The van der Waals surface area contributed by atoms with Crippen molar-refractivity contribution in [3.8, 4) is 11.5 Å². The van der Waals surface area contributed by atoms with E-state index in [1.54, 1.807) is 50.6 Å². The first-order chi connectivity index (χ1) is 43.0. The van der Waals surface area contributed by atoms with Crippen LogP contribution in [-0.4, -0.2) is 127 Å². The summed E-state index contributed by atoms with van der Waals surface area (Å²) >= 11 is 12.8. The van der Waals surface area contributed by atoms with Crippen LogP contribution in [0.5, 0.6) is 11.5 Å². The fourth-order valence-electron chi connectivity index (χ4n) is 16.5. The number of halogens is 2. The molecular formula is C70H90Cl2N4O12S2. The molecule has 4 N–H and O–H groups in total. The van der Waals surface area contributed by atoms with E-state index >= 15 is 0 Å². The van der Waals surface area contributed by atoms with E-state index in [2.05, 4.69) is 69.5 Å². The minimum atomic E-state index is -4.08. The first kappa shape index (κ1) is 66.3. The summed E-state index contributed by atoms with van der Waals surface area (Å²) < 4.78 is 84.4. The lowest BCUT2D eigenvalue weighted by atomic mass is 9.64. The van der Waals surface area contributed by atoms with Gasteiger partial charge < -0.3 is 39.0 Å². The Labute approximate surface area is 542 Å². The fourth-order valence-corrected chi connectivity index (χ4v) is 20.2. The van der Waals surface area contributed by atoms with Gasteiger partial charge in [-0.25, -0.2) is 26.3 Å². The lowest BCUT2D eigenvalue weighted by Gasteiger charge is -2.49. The van der Waals surface area contributed by atoms with Gasteiger partial charge in [-0.15, -0.1) is 0 Å². The summed E-state index contributed by atoms with van der Waals surface area (Å²) in [7, 11) is -4.68. The Hall–Kier alpha value is -5.18. The molecule has 4 aromatic carbocycles. The second-order valence-corrected chi connectivity index (χ2v) is 32.2. The van der Waals surface area contributed by atoms with Crippen molar-refractivity contribution in [1.29, 1.82) is 0 Å². The molecule has 2 amide bonds. The number of aryl methyl sites for hydroxylation is 2. The highest BCUT2D eigenvalue weighted by Gasteiger charge is 2.50. The van der Waals surface area contributed by atoms with Crippen LogP contribution in [0, 0.1) is 35.5 Å². The number of fused-ring (bicyclic) bond motifs is 8. The Morgan fingerprint density at radius 2 is 1.01 bits per heavy atom. The zero-order chi connectivity index (χ0) is 64.0. The van der Waals surface area contributed by atoms with Crippen molar-refractivity contribution in [1.82, 2.24) is 9.44 Å². The Kier molecular flexibility index (Phi) is 19.6. The smallest absolute Gasteiger partial charge is 0.264 e. The third-order valence-corrected chi connectivity index (χ3v) is 26.4. The number of ether oxygens (including phenoxy) is 4. The summed E-state index contributed by atoms with van der Waals surface area (Å²) in [6.45, 7) is 11.3. The number of rotatable bonds is 6. The van der Waals surface area contributed by atoms with Crippen LogP contribution in [0.2, 0.25) is 10.0 Å². The molecule has 16 nitrogen and oxygen atoms in total. The molecule has 0 radical (unpaired) electrons. The maximum Gasteiger partial charge on any atom is 0.264 e. The van der Waals surface area contributed by atoms with Crippen molar-refractivity contribution in [2.75, 3.05) is 76.6 Å². The van der Waals surface area contributed by atoms with Gasteiger partial charge in [0.1, 0.15) is 11.5 Å². The summed E-state index contributed by atoms with van der Waals surface area (Å²) in [5.41, 5.74) is 5.59. The molecule has 0 aromatic heterocycles. The molecule has 2 fully saturated rings. The SMILES string of the molecule is CO[C@@]1(C)/C=C/C[C@H](C)[C@@H](CCO)S(=O)(=O)NC(=O)c2ccc3c(c2)N(C[C@@H]2CC[C@H]21)C[C@@]1(CCCc2cc(Cl)ccc21)CO3.CO[C@]1(C)/C=C/C[C@H](C)[C@@H](CCO)S(=O)(=O)NC(=O)c2ccc3c(c2)N(C[C@@H]2CC[C@H]21)C[C@@]1(CCCc2cc(Cl)ccc21)CO3. The van der Waals surface area contributed by atoms with Crippen molar-refractivity contribution in [2.45, 2.75) is 150 Å². The second-order valence-electron chi connectivity index (χ2n) is 27.5. The monoisotopic (exact) mass is 1310 g/mol. The number of aliphatic hydroxyl groups is 2. The van der Waals surface area contributed by atoms with Crippen molar-refractivity contribution in [3.63, 3.8) is 0 Å². The van der Waals surface area contributed by atoms with Crippen LogP contribution in [0.3, 0.4) is 0 Å². The van der Waals surface area contributed by atoms with Crippen molar-refractivity contribution < 1.29 is 55.6 Å². The number of hydrogen-bond acceptors (Lipinski definition) is 14. The molecular weight excluding hydrogens is 1220 g/mol. The maximum atomic E-state index is 13.5. The van der Waals surface area contributed by atoms with Gasteiger partial charge in [0, 0.05) is 85.6 Å². The summed E-state index contributed by atoms with van der Waals surface area (Å²) in [4.78, 5) is 31.8. The summed E-state index contributed by atoms with van der Waals surface area (Å²) in [5, 5.41) is 19.1. The van der Waals surface area contributed by atoms with Gasteiger partial charge in [-0.1, -0.05) is 73.5 Å². The predicted molar refractivity (Wildman–Crippen MR) is 353 cm³/mol. The largest absolute Gasteiger partial charge is 0.490 e. The Morgan fingerprint density at radius 3 is 1.38 bits per heavy atom. The van der Waals surface area contributed by atoms with Crippen molar-refractivity contribution >= 4 is 66.4 Å². The van der Waals surface area contributed by atoms with E-state index in [0.29, 0.717) is 62.5 Å². The third kappa shape index (κ3) is 13.2. The van der Waals surface area contributed by atoms with Crippen molar-refractivity contribution in [3.05, 3.63) is 141 Å². The lowest BCUT2D eigenvalue weighted by Crippen LogP contribution is -2.52. The highest BCUT2D eigenvalue weighted by molar-refractivity contribution is 7.91. The molecule has 4 aliphatic carbocycles. The van der Waals surface area contributed by atoms with Crippen LogP contribution < -0.4 is 28.7 Å². The van der Waals surface area contributed by atoms with Gasteiger partial charge in [0.2, 0.25) is 20.0 Å². The van der Waals surface area contributed by atoms with E-state index in [-0.39, 0.29) is 71.7 Å². The number of carbonyl (C=O) groups excluding carboxylic acids is 2. The fraction of sp³-hybridized carbons (Fsp3) is 0.571. The number of nitrogens with one attached hydrogen (secondary N) is 2. The molecule has 90 heavy (non-hydrogen) atoms. The summed E-state index contributed by atoms with van der Waals surface area (Å²) in [6, 6.07) is 22.8. The van der Waals surface area contributed by atoms with Crippen molar-refractivity contribution in [2.24, 2.45) is 35.5 Å². The number of hydrogen-bond donors (Lipinski definition) is 4. The van der Waals surface area contributed by atoms with Gasteiger partial charge in [0.15, 0.2) is 0 Å². The molecule has 4 aromatic rings. The van der Waals surface area contributed by atoms with E-state index in [9.17, 15) is 36.6 Å². The van der Waals surface area contributed by atoms with Gasteiger partial charge in [-0.3, -0.25) is 9.59 Å². The first-order valence-corrected chi connectivity index (χ1v) is 36.2. The number of anilines is 2. The molecule has 4 heterocycles. The number of benzene rings is 4. The Bertz CT molecular complexity index is 3390. The number of nitrogens with zero attached hydrogens (tertiary/aromatic N) is 2. The molecule has 20 heteroatoms. The molecule has 12 atom stereocenters. The van der Waals surface area contributed by atoms with E-state index < -0.39 is 53.6 Å². The van der Waals surface area contributed by atoms with Gasteiger partial charge in [-0.05, 0) is 222 Å². The van der Waals surface area contributed by atoms with Crippen LogP contribution in [0.4, 0.5) is 11.4 Å². The van der Waals surface area contributed by atoms with Crippen LogP contribution in [-0.2, 0) is 53.2 Å². The van der Waals surface area contributed by atoms with Gasteiger partial charge >= 0.3 is 0 Å². The van der Waals surface area contributed by atoms with Crippen LogP contribution in [0.1, 0.15) is 148 Å². The van der Waals surface area contributed by atoms with Crippen LogP contribution in [0.15, 0.2) is 97.1 Å². The topological polar surface area (TPSA) is 210 Å². The van der Waals surface area contributed by atoms with Gasteiger partial charge in [-0.2, -0.15) is 0 Å². The molecule has 8 aliphatic rings. The number of carbonyl (C=O) groups is 2. The average molecular weight is 1310 g/mol. The zero-order valence-electron chi connectivity index (χ0n) is 52.9. The van der Waals surface area contributed by atoms with E-state index in [0.717, 1.165) is 98.7 Å². The van der Waals surface area contributed by atoms with Gasteiger partial charge in [0.05, 0.1) is 46.3 Å². The Balaban J connectivity index is 0.000000185. The highest BCUT2D eigenvalue weighted by Crippen LogP contribution is 2.52. The molecule has 4 aliphatic heterocycles. The number of amides is 2. The molecule has 12 rings (SSSR count). The first-order valence-electron chi connectivity index (χ1n) is 32.4.